The number of hydrogen-bond donors (Lipinski definition) is 2. The molecule has 0 bridgehead atoms. The Morgan fingerprint density at radius 2 is 2.04 bits per heavy atom. The zero-order chi connectivity index (χ0) is 18.8. The molecule has 1 aliphatic heterocycles. The number of aromatic amines is 1. The van der Waals surface area contributed by atoms with Crippen molar-refractivity contribution in [1.82, 2.24) is 14.6 Å². The molecule has 25 heavy (non-hydrogen) atoms. The lowest BCUT2D eigenvalue weighted by atomic mass is 10.0. The van der Waals surface area contributed by atoms with E-state index in [1.165, 1.54) is 30.5 Å². The smallest absolute Gasteiger partial charge is 0.253 e. The Balaban J connectivity index is 2.16. The summed E-state index contributed by atoms with van der Waals surface area (Å²) in [4.78, 5) is 26.8. The molecule has 1 amide bonds. The van der Waals surface area contributed by atoms with Gasteiger partial charge in [0, 0.05) is 31.8 Å². The molecule has 1 aromatic heterocycles. The molecule has 9 heteroatoms. The van der Waals surface area contributed by atoms with E-state index in [1.807, 2.05) is 13.8 Å². The molecule has 1 fully saturated rings. The van der Waals surface area contributed by atoms with E-state index in [2.05, 4.69) is 10.3 Å². The zero-order valence-corrected chi connectivity index (χ0v) is 15.7. The van der Waals surface area contributed by atoms with Gasteiger partial charge in [0.05, 0.1) is 30.6 Å². The van der Waals surface area contributed by atoms with Crippen molar-refractivity contribution in [2.24, 2.45) is 5.92 Å². The molecule has 0 aromatic carbocycles. The van der Waals surface area contributed by atoms with Gasteiger partial charge in [0.2, 0.25) is 15.6 Å². The van der Waals surface area contributed by atoms with E-state index in [0.717, 1.165) is 0 Å². The number of sulfonamides is 1. The lowest BCUT2D eigenvalue weighted by Gasteiger charge is -2.21. The number of hydrogen-bond acceptors (Lipinski definition) is 5. The third-order valence-electron chi connectivity index (χ3n) is 4.27. The molecular weight excluding hydrogens is 346 g/mol. The maximum Gasteiger partial charge on any atom is 0.253 e. The average Bonchev–Trinajstić information content (AvgIpc) is 2.93. The van der Waals surface area contributed by atoms with Crippen molar-refractivity contribution in [3.05, 3.63) is 33.7 Å². The van der Waals surface area contributed by atoms with Crippen molar-refractivity contribution in [1.29, 1.82) is 0 Å². The second kappa shape index (κ2) is 7.67. The van der Waals surface area contributed by atoms with Gasteiger partial charge in [-0.15, -0.1) is 0 Å². The van der Waals surface area contributed by atoms with E-state index in [-0.39, 0.29) is 42.3 Å². The Morgan fingerprint density at radius 3 is 2.64 bits per heavy atom. The second-order valence-corrected chi connectivity index (χ2v) is 8.97. The van der Waals surface area contributed by atoms with Crippen LogP contribution in [0.4, 0.5) is 0 Å². The molecule has 2 heterocycles. The van der Waals surface area contributed by atoms with Crippen molar-refractivity contribution in [2.75, 3.05) is 33.1 Å². The average molecular weight is 371 g/mol. The van der Waals surface area contributed by atoms with E-state index < -0.39 is 16.1 Å². The van der Waals surface area contributed by atoms with E-state index in [1.54, 1.807) is 0 Å². The van der Waals surface area contributed by atoms with Crippen LogP contribution in [0.2, 0.25) is 0 Å². The van der Waals surface area contributed by atoms with Crippen LogP contribution >= 0.6 is 0 Å². The predicted octanol–water partition coefficient (Wildman–Crippen LogP) is 0.135. The van der Waals surface area contributed by atoms with Gasteiger partial charge in [-0.25, -0.2) is 12.7 Å². The third kappa shape index (κ3) is 4.68. The van der Waals surface area contributed by atoms with E-state index in [4.69, 9.17) is 4.74 Å². The summed E-state index contributed by atoms with van der Waals surface area (Å²) in [7, 11) is -0.427. The van der Waals surface area contributed by atoms with E-state index in [9.17, 15) is 18.0 Å². The number of carbonyl (C=O) groups excluding carboxylic acids is 1. The van der Waals surface area contributed by atoms with Gasteiger partial charge in [0.1, 0.15) is 0 Å². The second-order valence-electron chi connectivity index (χ2n) is 6.74. The van der Waals surface area contributed by atoms with Gasteiger partial charge in [-0.1, -0.05) is 13.8 Å². The number of nitrogens with zero attached hydrogens (tertiary/aromatic N) is 1. The van der Waals surface area contributed by atoms with Crippen molar-refractivity contribution in [3.63, 3.8) is 0 Å². The first-order valence-corrected chi connectivity index (χ1v) is 9.74. The minimum absolute atomic E-state index is 0.0283. The van der Waals surface area contributed by atoms with Gasteiger partial charge in [0.25, 0.3) is 5.91 Å². The molecule has 0 spiro atoms. The molecule has 2 atom stereocenters. The van der Waals surface area contributed by atoms with Gasteiger partial charge in [-0.3, -0.25) is 9.59 Å². The molecule has 1 aromatic rings. The van der Waals surface area contributed by atoms with Crippen LogP contribution in [0.3, 0.4) is 0 Å². The van der Waals surface area contributed by atoms with E-state index in [0.29, 0.717) is 11.3 Å². The van der Waals surface area contributed by atoms with Crippen molar-refractivity contribution in [2.45, 2.75) is 25.8 Å². The fourth-order valence-corrected chi connectivity index (χ4v) is 3.90. The van der Waals surface area contributed by atoms with Gasteiger partial charge in [0.15, 0.2) is 0 Å². The van der Waals surface area contributed by atoms with Crippen LogP contribution in [0.25, 0.3) is 0 Å². The molecule has 0 aliphatic carbocycles. The van der Waals surface area contributed by atoms with Crippen LogP contribution < -0.4 is 10.9 Å². The first-order valence-electron chi connectivity index (χ1n) is 8.14. The molecule has 2 rings (SSSR count). The number of rotatable bonds is 6. The molecule has 140 valence electrons. The number of nitrogens with one attached hydrogen (secondary N) is 2. The number of pyridine rings is 1. The molecule has 0 unspecified atom stereocenters. The normalized spacial score (nSPS) is 21.0. The van der Waals surface area contributed by atoms with Crippen molar-refractivity contribution < 1.29 is 17.9 Å². The summed E-state index contributed by atoms with van der Waals surface area (Å²) in [6, 6.07) is 2.40. The Kier molecular flexibility index (Phi) is 6.02. The largest absolute Gasteiger partial charge is 0.379 e. The van der Waals surface area contributed by atoms with Crippen LogP contribution in [0, 0.1) is 5.92 Å². The van der Waals surface area contributed by atoms with Crippen LogP contribution in [0.5, 0.6) is 0 Å². The Hall–Kier alpha value is -1.71. The minimum Gasteiger partial charge on any atom is -0.379 e. The van der Waals surface area contributed by atoms with Gasteiger partial charge >= 0.3 is 0 Å². The highest BCUT2D eigenvalue weighted by Gasteiger charge is 2.34. The number of aromatic nitrogens is 1. The first kappa shape index (κ1) is 19.6. The monoisotopic (exact) mass is 371 g/mol. The van der Waals surface area contributed by atoms with Crippen LogP contribution in [0.1, 0.15) is 35.8 Å². The number of carbonyl (C=O) groups is 1. The van der Waals surface area contributed by atoms with Gasteiger partial charge < -0.3 is 15.0 Å². The van der Waals surface area contributed by atoms with Crippen LogP contribution in [-0.2, 0) is 14.8 Å². The summed E-state index contributed by atoms with van der Waals surface area (Å²) in [6.45, 7) is 4.31. The SMILES string of the molecule is CC(C)c1[nH]c(=O)ccc1C(=O)N[C@@H]1COC[C@H]1CS(=O)(=O)N(C)C. The maximum absolute atomic E-state index is 12.6. The lowest BCUT2D eigenvalue weighted by Crippen LogP contribution is -2.44. The van der Waals surface area contributed by atoms with E-state index >= 15 is 0 Å². The van der Waals surface area contributed by atoms with Crippen LogP contribution in [-0.4, -0.2) is 62.7 Å². The zero-order valence-electron chi connectivity index (χ0n) is 14.9. The summed E-state index contributed by atoms with van der Waals surface area (Å²) in [5.74, 6) is -0.781. The molecule has 0 saturated carbocycles. The third-order valence-corrected chi connectivity index (χ3v) is 6.23. The quantitative estimate of drug-likeness (QED) is 0.739. The summed E-state index contributed by atoms with van der Waals surface area (Å²) in [5, 5.41) is 2.85. The predicted molar refractivity (Wildman–Crippen MR) is 94.2 cm³/mol. The number of amides is 1. The Bertz CT molecular complexity index is 785. The fourth-order valence-electron chi connectivity index (χ4n) is 2.73. The minimum atomic E-state index is -3.39. The molecule has 0 radical (unpaired) electrons. The fraction of sp³-hybridized carbons (Fsp3) is 0.625. The highest BCUT2D eigenvalue weighted by Crippen LogP contribution is 2.19. The first-order chi connectivity index (χ1) is 11.6. The number of H-pyrrole nitrogens is 1. The molecule has 1 saturated heterocycles. The molecule has 2 N–H and O–H groups in total. The summed E-state index contributed by atoms with van der Waals surface area (Å²) in [6.07, 6.45) is 0. The van der Waals surface area contributed by atoms with Gasteiger partial charge in [-0.05, 0) is 12.0 Å². The molecule has 8 nitrogen and oxygen atoms in total. The highest BCUT2D eigenvalue weighted by molar-refractivity contribution is 7.89. The molecule has 1 aliphatic rings. The summed E-state index contributed by atoms with van der Waals surface area (Å²) < 4.78 is 30.7. The summed E-state index contributed by atoms with van der Waals surface area (Å²) in [5.41, 5.74) is 0.677. The molecular formula is C16H25N3O5S. The van der Waals surface area contributed by atoms with Gasteiger partial charge in [-0.2, -0.15) is 0 Å². The standard InChI is InChI=1S/C16H25N3O5S/c1-10(2)15-12(5-6-14(20)18-15)16(21)17-13-8-24-7-11(13)9-25(22,23)19(3)4/h5-6,10-11,13H,7-9H2,1-4H3,(H,17,21)(H,18,20)/t11-,13+/m0/s1. The Labute approximate surface area is 147 Å². The number of ether oxygens (including phenoxy) is 1. The van der Waals surface area contributed by atoms with Crippen molar-refractivity contribution in [3.8, 4) is 0 Å². The lowest BCUT2D eigenvalue weighted by molar-refractivity contribution is 0.0924. The van der Waals surface area contributed by atoms with Crippen LogP contribution in [0.15, 0.2) is 16.9 Å². The van der Waals surface area contributed by atoms with Crippen molar-refractivity contribution >= 4 is 15.9 Å². The Morgan fingerprint density at radius 1 is 1.36 bits per heavy atom. The summed E-state index contributed by atoms with van der Waals surface area (Å²) >= 11 is 0. The maximum atomic E-state index is 12.6. The topological polar surface area (TPSA) is 109 Å². The highest BCUT2D eigenvalue weighted by atomic mass is 32.2.